The third kappa shape index (κ3) is 0.720. The summed E-state index contributed by atoms with van der Waals surface area (Å²) >= 11 is 0. The van der Waals surface area contributed by atoms with Crippen molar-refractivity contribution < 1.29 is 0 Å². The van der Waals surface area contributed by atoms with Crippen molar-refractivity contribution in [3.05, 3.63) is 12.0 Å². The van der Waals surface area contributed by atoms with Gasteiger partial charge in [-0.1, -0.05) is 0 Å². The van der Waals surface area contributed by atoms with Crippen molar-refractivity contribution in [2.75, 3.05) is 5.73 Å². The zero-order valence-corrected chi connectivity index (χ0v) is 6.07. The SMILES string of the molecule is C#Cc1n[nH]c2ncnc(N)c12. The molecule has 2 heterocycles. The molecule has 0 amide bonds. The van der Waals surface area contributed by atoms with E-state index in [0.717, 1.165) is 0 Å². The molecule has 0 aromatic carbocycles. The Hall–Kier alpha value is -2.09. The van der Waals surface area contributed by atoms with Crippen LogP contribution in [0.5, 0.6) is 0 Å². The Morgan fingerprint density at radius 1 is 1.50 bits per heavy atom. The number of rotatable bonds is 0. The standard InChI is InChI=1S/C7H5N5/c1-2-4-5-6(8)9-3-10-7(5)12-11-4/h1,3H,(H3,8,9,10,11,12). The Balaban J connectivity index is 2.95. The Bertz CT molecular complexity index is 464. The third-order valence-corrected chi connectivity index (χ3v) is 1.52. The fraction of sp³-hybridized carbons (Fsp3) is 0. The Morgan fingerprint density at radius 3 is 3.08 bits per heavy atom. The maximum absolute atomic E-state index is 5.57. The van der Waals surface area contributed by atoms with E-state index < -0.39 is 0 Å². The summed E-state index contributed by atoms with van der Waals surface area (Å²) in [5.74, 6) is 2.74. The fourth-order valence-electron chi connectivity index (χ4n) is 0.987. The molecule has 0 fully saturated rings. The Labute approximate surface area is 68.0 Å². The average molecular weight is 159 g/mol. The molecule has 2 aromatic heterocycles. The van der Waals surface area contributed by atoms with Crippen LogP contribution < -0.4 is 5.73 Å². The molecule has 2 aromatic rings. The molecule has 3 N–H and O–H groups in total. The summed E-state index contributed by atoms with van der Waals surface area (Å²) in [6.45, 7) is 0. The van der Waals surface area contributed by atoms with Gasteiger partial charge in [-0.05, 0) is 5.92 Å². The van der Waals surface area contributed by atoms with Gasteiger partial charge in [0.15, 0.2) is 5.65 Å². The molecular formula is C7H5N5. The number of nitrogens with two attached hydrogens (primary N) is 1. The number of hydrogen-bond donors (Lipinski definition) is 2. The molecule has 0 radical (unpaired) electrons. The van der Waals surface area contributed by atoms with E-state index in [1.165, 1.54) is 6.33 Å². The Kier molecular flexibility index (Phi) is 1.21. The third-order valence-electron chi connectivity index (χ3n) is 1.52. The minimum absolute atomic E-state index is 0.349. The summed E-state index contributed by atoms with van der Waals surface area (Å²) in [6.07, 6.45) is 6.54. The van der Waals surface area contributed by atoms with Gasteiger partial charge in [0.05, 0.1) is 5.39 Å². The van der Waals surface area contributed by atoms with Gasteiger partial charge in [0.25, 0.3) is 0 Å². The highest BCUT2D eigenvalue weighted by molar-refractivity contribution is 5.89. The van der Waals surface area contributed by atoms with E-state index in [1.54, 1.807) is 0 Å². The zero-order valence-electron chi connectivity index (χ0n) is 6.07. The van der Waals surface area contributed by atoms with Crippen LogP contribution in [0.3, 0.4) is 0 Å². The van der Waals surface area contributed by atoms with E-state index in [9.17, 15) is 0 Å². The molecule has 0 saturated carbocycles. The highest BCUT2D eigenvalue weighted by atomic mass is 15.2. The van der Waals surface area contributed by atoms with Gasteiger partial charge < -0.3 is 5.73 Å². The number of aromatic amines is 1. The van der Waals surface area contributed by atoms with Crippen LogP contribution in [0.15, 0.2) is 6.33 Å². The summed E-state index contributed by atoms with van der Waals surface area (Å²) in [5, 5.41) is 7.10. The van der Waals surface area contributed by atoms with Crippen LogP contribution in [0.2, 0.25) is 0 Å². The molecule has 0 unspecified atom stereocenters. The van der Waals surface area contributed by atoms with E-state index in [-0.39, 0.29) is 0 Å². The minimum atomic E-state index is 0.349. The second-order valence-electron chi connectivity index (χ2n) is 2.20. The summed E-state index contributed by atoms with van der Waals surface area (Å²) in [5.41, 5.74) is 6.58. The van der Waals surface area contributed by atoms with Crippen molar-refractivity contribution in [2.45, 2.75) is 0 Å². The van der Waals surface area contributed by atoms with E-state index in [0.29, 0.717) is 22.5 Å². The molecular weight excluding hydrogens is 154 g/mol. The first-order chi connectivity index (χ1) is 5.83. The van der Waals surface area contributed by atoms with Crippen molar-refractivity contribution in [3.63, 3.8) is 0 Å². The molecule has 12 heavy (non-hydrogen) atoms. The van der Waals surface area contributed by atoms with Gasteiger partial charge in [0, 0.05) is 0 Å². The highest BCUT2D eigenvalue weighted by Gasteiger charge is 2.07. The number of anilines is 1. The average Bonchev–Trinajstić information content (AvgIpc) is 2.49. The van der Waals surface area contributed by atoms with Gasteiger partial charge in [-0.3, -0.25) is 5.10 Å². The molecule has 0 aliphatic heterocycles. The first-order valence-electron chi connectivity index (χ1n) is 3.24. The van der Waals surface area contributed by atoms with Gasteiger partial charge >= 0.3 is 0 Å². The largest absolute Gasteiger partial charge is 0.383 e. The molecule has 0 bridgehead atoms. The topological polar surface area (TPSA) is 80.5 Å². The monoisotopic (exact) mass is 159 g/mol. The lowest BCUT2D eigenvalue weighted by molar-refractivity contribution is 1.08. The van der Waals surface area contributed by atoms with Gasteiger partial charge in [0.2, 0.25) is 0 Å². The smallest absolute Gasteiger partial charge is 0.162 e. The lowest BCUT2D eigenvalue weighted by Crippen LogP contribution is -1.92. The van der Waals surface area contributed by atoms with Crippen LogP contribution in [-0.4, -0.2) is 20.2 Å². The summed E-state index contributed by atoms with van der Waals surface area (Å²) in [6, 6.07) is 0. The lowest BCUT2D eigenvalue weighted by atomic mass is 10.3. The number of nitrogens with one attached hydrogen (secondary N) is 1. The number of nitrogens with zero attached hydrogens (tertiary/aromatic N) is 3. The second kappa shape index (κ2) is 2.20. The molecule has 0 spiro atoms. The number of terminal acetylenes is 1. The molecule has 2 rings (SSSR count). The molecule has 58 valence electrons. The van der Waals surface area contributed by atoms with Crippen molar-refractivity contribution in [3.8, 4) is 12.3 Å². The van der Waals surface area contributed by atoms with E-state index >= 15 is 0 Å². The summed E-state index contributed by atoms with van der Waals surface area (Å²) < 4.78 is 0. The maximum atomic E-state index is 5.57. The van der Waals surface area contributed by atoms with Crippen LogP contribution in [0.1, 0.15) is 5.69 Å². The number of fused-ring (bicyclic) bond motifs is 1. The molecule has 0 atom stereocenters. The zero-order chi connectivity index (χ0) is 8.55. The number of aromatic nitrogens is 4. The molecule has 5 heteroatoms. The normalized spacial score (nSPS) is 9.92. The predicted molar refractivity (Wildman–Crippen MR) is 44.0 cm³/mol. The first kappa shape index (κ1) is 6.61. The van der Waals surface area contributed by atoms with Crippen molar-refractivity contribution in [1.82, 2.24) is 20.2 Å². The highest BCUT2D eigenvalue weighted by Crippen LogP contribution is 2.16. The molecule has 0 saturated heterocycles. The van der Waals surface area contributed by atoms with Crippen molar-refractivity contribution >= 4 is 16.9 Å². The van der Waals surface area contributed by atoms with Crippen molar-refractivity contribution in [1.29, 1.82) is 0 Å². The first-order valence-corrected chi connectivity index (χ1v) is 3.24. The van der Waals surface area contributed by atoms with Crippen LogP contribution in [-0.2, 0) is 0 Å². The number of hydrogen-bond acceptors (Lipinski definition) is 4. The van der Waals surface area contributed by atoms with E-state index in [4.69, 9.17) is 12.2 Å². The quantitative estimate of drug-likeness (QED) is 0.526. The second-order valence-corrected chi connectivity index (χ2v) is 2.20. The van der Waals surface area contributed by atoms with Gasteiger partial charge in [-0.25, -0.2) is 9.97 Å². The number of H-pyrrole nitrogens is 1. The van der Waals surface area contributed by atoms with Crippen LogP contribution in [0.25, 0.3) is 11.0 Å². The lowest BCUT2D eigenvalue weighted by Gasteiger charge is -1.91. The fourth-order valence-corrected chi connectivity index (χ4v) is 0.987. The van der Waals surface area contributed by atoms with E-state index in [2.05, 4.69) is 26.1 Å². The maximum Gasteiger partial charge on any atom is 0.162 e. The van der Waals surface area contributed by atoms with Crippen LogP contribution in [0.4, 0.5) is 5.82 Å². The molecule has 0 aliphatic rings. The van der Waals surface area contributed by atoms with Crippen LogP contribution in [0, 0.1) is 12.3 Å². The van der Waals surface area contributed by atoms with Crippen LogP contribution >= 0.6 is 0 Å². The predicted octanol–water partition coefficient (Wildman–Crippen LogP) is -0.0836. The van der Waals surface area contributed by atoms with Gasteiger partial charge in [-0.15, -0.1) is 6.42 Å². The Morgan fingerprint density at radius 2 is 2.33 bits per heavy atom. The van der Waals surface area contributed by atoms with Gasteiger partial charge in [0.1, 0.15) is 17.8 Å². The number of nitrogen functional groups attached to an aromatic ring is 1. The molecule has 0 aliphatic carbocycles. The minimum Gasteiger partial charge on any atom is -0.383 e. The summed E-state index contributed by atoms with van der Waals surface area (Å²) in [4.78, 5) is 7.71. The van der Waals surface area contributed by atoms with Crippen molar-refractivity contribution in [2.24, 2.45) is 0 Å². The van der Waals surface area contributed by atoms with E-state index in [1.807, 2.05) is 0 Å². The summed E-state index contributed by atoms with van der Waals surface area (Å²) in [7, 11) is 0. The van der Waals surface area contributed by atoms with Gasteiger partial charge in [-0.2, -0.15) is 5.10 Å². The molecule has 5 nitrogen and oxygen atoms in total.